The lowest BCUT2D eigenvalue weighted by atomic mass is 10.1. The number of halogens is 1. The summed E-state index contributed by atoms with van der Waals surface area (Å²) in [5.41, 5.74) is 6.85. The third-order valence-electron chi connectivity index (χ3n) is 3.77. The van der Waals surface area contributed by atoms with Crippen molar-refractivity contribution in [1.29, 1.82) is 0 Å². The molecule has 21 heavy (non-hydrogen) atoms. The summed E-state index contributed by atoms with van der Waals surface area (Å²) < 4.78 is 18.1. The Bertz CT molecular complexity index is 578. The molecule has 1 atom stereocenters. The predicted octanol–water partition coefficient (Wildman–Crippen LogP) is 2.36. The van der Waals surface area contributed by atoms with Gasteiger partial charge in [0.05, 0.1) is 6.04 Å². The minimum absolute atomic E-state index is 0.263. The van der Waals surface area contributed by atoms with Crippen molar-refractivity contribution in [2.24, 2.45) is 5.73 Å². The molecule has 1 aliphatic heterocycles. The minimum atomic E-state index is -0.291. The van der Waals surface area contributed by atoms with Crippen molar-refractivity contribution in [2.45, 2.75) is 25.3 Å². The van der Waals surface area contributed by atoms with E-state index < -0.39 is 0 Å². The van der Waals surface area contributed by atoms with Crippen LogP contribution in [0.3, 0.4) is 0 Å². The molecule has 0 amide bonds. The number of rotatable bonds is 4. The van der Waals surface area contributed by atoms with Gasteiger partial charge in [-0.2, -0.15) is 4.98 Å². The Morgan fingerprint density at radius 2 is 1.90 bits per heavy atom. The number of piperidine rings is 1. The van der Waals surface area contributed by atoms with Crippen LogP contribution in [0, 0.1) is 5.82 Å². The van der Waals surface area contributed by atoms with Crippen LogP contribution < -0.4 is 5.73 Å². The SMILES string of the molecule is NC(CN1CCCCC1)c1noc(-c2ccc(F)cc2)n1. The fourth-order valence-electron chi connectivity index (χ4n) is 2.60. The van der Waals surface area contributed by atoms with Crippen LogP contribution in [0.1, 0.15) is 31.1 Å². The highest BCUT2D eigenvalue weighted by Crippen LogP contribution is 2.20. The summed E-state index contributed by atoms with van der Waals surface area (Å²) in [5, 5.41) is 3.95. The smallest absolute Gasteiger partial charge is 0.257 e. The molecule has 2 N–H and O–H groups in total. The topological polar surface area (TPSA) is 68.2 Å². The van der Waals surface area contributed by atoms with Gasteiger partial charge in [-0.15, -0.1) is 0 Å². The first-order chi connectivity index (χ1) is 10.2. The second-order valence-corrected chi connectivity index (χ2v) is 5.43. The lowest BCUT2D eigenvalue weighted by Gasteiger charge is -2.27. The summed E-state index contributed by atoms with van der Waals surface area (Å²) in [7, 11) is 0. The van der Waals surface area contributed by atoms with Gasteiger partial charge in [-0.3, -0.25) is 0 Å². The molecule has 0 aliphatic carbocycles. The first kappa shape index (κ1) is 14.2. The molecule has 1 saturated heterocycles. The number of benzene rings is 1. The van der Waals surface area contributed by atoms with E-state index in [-0.39, 0.29) is 11.9 Å². The summed E-state index contributed by atoms with van der Waals surface area (Å²) in [5.74, 6) is 0.583. The molecule has 112 valence electrons. The Morgan fingerprint density at radius 3 is 2.62 bits per heavy atom. The molecular weight excluding hydrogens is 271 g/mol. The quantitative estimate of drug-likeness (QED) is 0.936. The van der Waals surface area contributed by atoms with Gasteiger partial charge in [0.25, 0.3) is 5.89 Å². The molecule has 0 bridgehead atoms. The number of aromatic nitrogens is 2. The number of likely N-dealkylation sites (tertiary alicyclic amines) is 1. The van der Waals surface area contributed by atoms with Gasteiger partial charge in [-0.05, 0) is 50.2 Å². The molecule has 5 nitrogen and oxygen atoms in total. The lowest BCUT2D eigenvalue weighted by molar-refractivity contribution is 0.213. The van der Waals surface area contributed by atoms with Crippen LogP contribution in [-0.4, -0.2) is 34.7 Å². The van der Waals surface area contributed by atoms with Crippen molar-refractivity contribution in [3.05, 3.63) is 35.9 Å². The predicted molar refractivity (Wildman–Crippen MR) is 76.9 cm³/mol. The monoisotopic (exact) mass is 290 g/mol. The van der Waals surface area contributed by atoms with Gasteiger partial charge < -0.3 is 15.2 Å². The van der Waals surface area contributed by atoms with E-state index in [2.05, 4.69) is 15.0 Å². The third kappa shape index (κ3) is 3.46. The van der Waals surface area contributed by atoms with Gasteiger partial charge in [0.15, 0.2) is 5.82 Å². The summed E-state index contributed by atoms with van der Waals surface area (Å²) >= 11 is 0. The Kier molecular flexibility index (Phi) is 4.26. The summed E-state index contributed by atoms with van der Waals surface area (Å²) in [6, 6.07) is 5.70. The molecule has 1 aromatic heterocycles. The molecule has 2 heterocycles. The first-order valence-corrected chi connectivity index (χ1v) is 7.30. The number of hydrogen-bond donors (Lipinski definition) is 1. The van der Waals surface area contributed by atoms with Gasteiger partial charge >= 0.3 is 0 Å². The van der Waals surface area contributed by atoms with E-state index in [9.17, 15) is 4.39 Å². The van der Waals surface area contributed by atoms with E-state index >= 15 is 0 Å². The summed E-state index contributed by atoms with van der Waals surface area (Å²) in [6.07, 6.45) is 3.74. The molecule has 1 aliphatic rings. The molecule has 3 rings (SSSR count). The standard InChI is InChI=1S/C15H19FN4O/c16-12-6-4-11(5-7-12)15-18-14(19-21-15)13(17)10-20-8-2-1-3-9-20/h4-7,13H,1-3,8-10,17H2. The molecule has 0 spiro atoms. The highest BCUT2D eigenvalue weighted by molar-refractivity contribution is 5.52. The molecule has 2 aromatic rings. The van der Waals surface area contributed by atoms with E-state index in [0.29, 0.717) is 17.3 Å². The number of hydrogen-bond acceptors (Lipinski definition) is 5. The lowest BCUT2D eigenvalue weighted by Crippen LogP contribution is -2.36. The Balaban J connectivity index is 1.67. The van der Waals surface area contributed by atoms with Crippen molar-refractivity contribution < 1.29 is 8.91 Å². The van der Waals surface area contributed by atoms with Gasteiger partial charge in [-0.25, -0.2) is 4.39 Å². The highest BCUT2D eigenvalue weighted by atomic mass is 19.1. The zero-order valence-corrected chi connectivity index (χ0v) is 11.8. The molecule has 0 radical (unpaired) electrons. The zero-order chi connectivity index (χ0) is 14.7. The van der Waals surface area contributed by atoms with Crippen LogP contribution in [0.4, 0.5) is 4.39 Å². The maximum absolute atomic E-state index is 12.9. The Hall–Kier alpha value is -1.79. The Labute approximate surface area is 122 Å². The summed E-state index contributed by atoms with van der Waals surface area (Å²) in [6.45, 7) is 2.90. The van der Waals surface area contributed by atoms with Crippen LogP contribution in [0.25, 0.3) is 11.5 Å². The fraction of sp³-hybridized carbons (Fsp3) is 0.467. The van der Waals surface area contributed by atoms with Crippen LogP contribution >= 0.6 is 0 Å². The molecule has 1 unspecified atom stereocenters. The molecule has 6 heteroatoms. The van der Waals surface area contributed by atoms with E-state index in [4.69, 9.17) is 10.3 Å². The molecule has 1 fully saturated rings. The van der Waals surface area contributed by atoms with Crippen molar-refractivity contribution >= 4 is 0 Å². The highest BCUT2D eigenvalue weighted by Gasteiger charge is 2.19. The van der Waals surface area contributed by atoms with Crippen molar-refractivity contribution in [3.8, 4) is 11.5 Å². The number of nitrogens with two attached hydrogens (primary N) is 1. The zero-order valence-electron chi connectivity index (χ0n) is 11.8. The molecule has 1 aromatic carbocycles. The summed E-state index contributed by atoms with van der Waals surface area (Å²) in [4.78, 5) is 6.66. The van der Waals surface area contributed by atoms with Gasteiger partial charge in [0.2, 0.25) is 0 Å². The average molecular weight is 290 g/mol. The third-order valence-corrected chi connectivity index (χ3v) is 3.77. The van der Waals surface area contributed by atoms with Crippen LogP contribution in [0.15, 0.2) is 28.8 Å². The van der Waals surface area contributed by atoms with E-state index in [1.807, 2.05) is 0 Å². The van der Waals surface area contributed by atoms with Gasteiger partial charge in [-0.1, -0.05) is 11.6 Å². The van der Waals surface area contributed by atoms with Crippen LogP contribution in [0.2, 0.25) is 0 Å². The van der Waals surface area contributed by atoms with E-state index in [1.54, 1.807) is 12.1 Å². The molecule has 0 saturated carbocycles. The van der Waals surface area contributed by atoms with E-state index in [1.165, 1.54) is 31.4 Å². The fourth-order valence-corrected chi connectivity index (χ4v) is 2.60. The maximum atomic E-state index is 12.9. The van der Waals surface area contributed by atoms with Crippen molar-refractivity contribution in [2.75, 3.05) is 19.6 Å². The normalized spacial score (nSPS) is 17.8. The van der Waals surface area contributed by atoms with Crippen LogP contribution in [0.5, 0.6) is 0 Å². The minimum Gasteiger partial charge on any atom is -0.334 e. The largest absolute Gasteiger partial charge is 0.334 e. The van der Waals surface area contributed by atoms with Gasteiger partial charge in [0, 0.05) is 12.1 Å². The van der Waals surface area contributed by atoms with Crippen molar-refractivity contribution in [3.63, 3.8) is 0 Å². The van der Waals surface area contributed by atoms with Crippen LogP contribution in [-0.2, 0) is 0 Å². The first-order valence-electron chi connectivity index (χ1n) is 7.30. The number of nitrogens with zero attached hydrogens (tertiary/aromatic N) is 3. The maximum Gasteiger partial charge on any atom is 0.257 e. The van der Waals surface area contributed by atoms with Gasteiger partial charge in [0.1, 0.15) is 5.82 Å². The Morgan fingerprint density at radius 1 is 1.19 bits per heavy atom. The average Bonchev–Trinajstić information content (AvgIpc) is 2.99. The second-order valence-electron chi connectivity index (χ2n) is 5.43. The molecular formula is C15H19FN4O. The van der Waals surface area contributed by atoms with Crippen molar-refractivity contribution in [1.82, 2.24) is 15.0 Å². The second kappa shape index (κ2) is 6.32. The van der Waals surface area contributed by atoms with E-state index in [0.717, 1.165) is 19.6 Å².